The van der Waals surface area contributed by atoms with Gasteiger partial charge < -0.3 is 9.47 Å². The van der Waals surface area contributed by atoms with Crippen LogP contribution in [0.4, 0.5) is 0 Å². The lowest BCUT2D eigenvalue weighted by molar-refractivity contribution is 0.142. The summed E-state index contributed by atoms with van der Waals surface area (Å²) in [6.45, 7) is 0. The van der Waals surface area contributed by atoms with Crippen molar-refractivity contribution in [2.24, 2.45) is 0 Å². The number of hydrogen-bond acceptors (Lipinski definition) is 4. The Kier molecular flexibility index (Phi) is 3.49. The molecule has 1 fully saturated rings. The standard InChI is InChI=1S/C15H18N2O2/c1-18-13-8-7-11-10-16-15(17-14(11)9-13)19-12-5-3-2-4-6-12/h7-10,12H,2-6H2,1H3. The summed E-state index contributed by atoms with van der Waals surface area (Å²) < 4.78 is 11.1. The molecule has 0 saturated heterocycles. The van der Waals surface area contributed by atoms with Gasteiger partial charge in [0.2, 0.25) is 0 Å². The lowest BCUT2D eigenvalue weighted by Crippen LogP contribution is -2.20. The molecule has 1 heterocycles. The molecule has 0 amide bonds. The molecule has 0 radical (unpaired) electrons. The van der Waals surface area contributed by atoms with Crippen LogP contribution in [0.2, 0.25) is 0 Å². The molecule has 1 saturated carbocycles. The highest BCUT2D eigenvalue weighted by Crippen LogP contribution is 2.23. The maximum atomic E-state index is 5.87. The van der Waals surface area contributed by atoms with Gasteiger partial charge in [-0.1, -0.05) is 6.42 Å². The third-order valence-electron chi connectivity index (χ3n) is 3.59. The maximum Gasteiger partial charge on any atom is 0.317 e. The number of methoxy groups -OCH3 is 1. The van der Waals surface area contributed by atoms with Gasteiger partial charge in [-0.15, -0.1) is 0 Å². The Morgan fingerprint density at radius 3 is 2.79 bits per heavy atom. The van der Waals surface area contributed by atoms with Crippen molar-refractivity contribution in [1.82, 2.24) is 9.97 Å². The normalized spacial score (nSPS) is 16.5. The lowest BCUT2D eigenvalue weighted by atomic mass is 9.98. The van der Waals surface area contributed by atoms with Crippen LogP contribution in [0.5, 0.6) is 11.8 Å². The van der Waals surface area contributed by atoms with Crippen LogP contribution in [0.1, 0.15) is 32.1 Å². The van der Waals surface area contributed by atoms with E-state index in [0.717, 1.165) is 29.5 Å². The molecule has 0 bridgehead atoms. The van der Waals surface area contributed by atoms with E-state index in [2.05, 4.69) is 9.97 Å². The van der Waals surface area contributed by atoms with Crippen molar-refractivity contribution in [3.05, 3.63) is 24.4 Å². The second kappa shape index (κ2) is 5.43. The highest BCUT2D eigenvalue weighted by atomic mass is 16.5. The number of ether oxygens (including phenoxy) is 2. The van der Waals surface area contributed by atoms with Crippen LogP contribution in [0.25, 0.3) is 10.9 Å². The predicted molar refractivity (Wildman–Crippen MR) is 73.6 cm³/mol. The Balaban J connectivity index is 1.83. The van der Waals surface area contributed by atoms with E-state index in [1.165, 1.54) is 19.3 Å². The van der Waals surface area contributed by atoms with Crippen LogP contribution in [0, 0.1) is 0 Å². The first kappa shape index (κ1) is 12.2. The number of benzene rings is 1. The molecule has 0 spiro atoms. The van der Waals surface area contributed by atoms with Gasteiger partial charge in [-0.25, -0.2) is 4.98 Å². The molecular formula is C15H18N2O2. The Hall–Kier alpha value is -1.84. The van der Waals surface area contributed by atoms with Crippen LogP contribution in [0.3, 0.4) is 0 Å². The molecule has 0 unspecified atom stereocenters. The van der Waals surface area contributed by atoms with Crippen molar-refractivity contribution >= 4 is 10.9 Å². The second-order valence-electron chi connectivity index (χ2n) is 4.96. The molecule has 4 heteroatoms. The maximum absolute atomic E-state index is 5.87. The van der Waals surface area contributed by atoms with E-state index in [4.69, 9.17) is 9.47 Å². The molecule has 1 aromatic heterocycles. The lowest BCUT2D eigenvalue weighted by Gasteiger charge is -2.21. The van der Waals surface area contributed by atoms with E-state index in [0.29, 0.717) is 6.01 Å². The molecule has 4 nitrogen and oxygen atoms in total. The number of fused-ring (bicyclic) bond motifs is 1. The molecule has 2 aromatic rings. The number of aromatic nitrogens is 2. The average molecular weight is 258 g/mol. The molecular weight excluding hydrogens is 240 g/mol. The summed E-state index contributed by atoms with van der Waals surface area (Å²) in [5, 5.41) is 0.997. The SMILES string of the molecule is COc1ccc2cnc(OC3CCCCC3)nc2c1. The molecule has 100 valence electrons. The first-order valence-electron chi connectivity index (χ1n) is 6.82. The zero-order chi connectivity index (χ0) is 13.1. The monoisotopic (exact) mass is 258 g/mol. The minimum absolute atomic E-state index is 0.275. The first-order valence-corrected chi connectivity index (χ1v) is 6.82. The van der Waals surface area contributed by atoms with Gasteiger partial charge in [0.05, 0.1) is 12.6 Å². The number of nitrogens with zero attached hydrogens (tertiary/aromatic N) is 2. The highest BCUT2D eigenvalue weighted by molar-refractivity contribution is 5.79. The van der Waals surface area contributed by atoms with Crippen molar-refractivity contribution < 1.29 is 9.47 Å². The van der Waals surface area contributed by atoms with Crippen molar-refractivity contribution in [1.29, 1.82) is 0 Å². The zero-order valence-electron chi connectivity index (χ0n) is 11.1. The van der Waals surface area contributed by atoms with Gasteiger partial charge in [-0.05, 0) is 37.8 Å². The van der Waals surface area contributed by atoms with Crippen molar-refractivity contribution in [3.8, 4) is 11.8 Å². The van der Waals surface area contributed by atoms with Gasteiger partial charge in [0, 0.05) is 17.6 Å². The van der Waals surface area contributed by atoms with E-state index in [1.807, 2.05) is 18.2 Å². The molecule has 0 N–H and O–H groups in total. The topological polar surface area (TPSA) is 44.2 Å². The van der Waals surface area contributed by atoms with Crippen molar-refractivity contribution in [2.45, 2.75) is 38.2 Å². The van der Waals surface area contributed by atoms with Crippen LogP contribution >= 0.6 is 0 Å². The minimum Gasteiger partial charge on any atom is -0.497 e. The third kappa shape index (κ3) is 2.78. The molecule has 1 aromatic carbocycles. The molecule has 1 aliphatic rings. The largest absolute Gasteiger partial charge is 0.497 e. The van der Waals surface area contributed by atoms with E-state index in [9.17, 15) is 0 Å². The van der Waals surface area contributed by atoms with Gasteiger partial charge in [0.15, 0.2) is 0 Å². The fourth-order valence-electron chi connectivity index (χ4n) is 2.50. The van der Waals surface area contributed by atoms with E-state index in [-0.39, 0.29) is 6.10 Å². The summed E-state index contributed by atoms with van der Waals surface area (Å²) >= 11 is 0. The summed E-state index contributed by atoms with van der Waals surface area (Å²) in [5.41, 5.74) is 0.861. The molecule has 0 atom stereocenters. The van der Waals surface area contributed by atoms with Gasteiger partial charge >= 0.3 is 6.01 Å². The van der Waals surface area contributed by atoms with Crippen LogP contribution in [-0.4, -0.2) is 23.2 Å². The Labute approximate surface area is 112 Å². The number of rotatable bonds is 3. The van der Waals surface area contributed by atoms with Crippen LogP contribution in [0.15, 0.2) is 24.4 Å². The fourth-order valence-corrected chi connectivity index (χ4v) is 2.50. The van der Waals surface area contributed by atoms with Gasteiger partial charge in [0.25, 0.3) is 0 Å². The van der Waals surface area contributed by atoms with E-state index in [1.54, 1.807) is 13.3 Å². The number of hydrogen-bond donors (Lipinski definition) is 0. The minimum atomic E-state index is 0.275. The summed E-state index contributed by atoms with van der Waals surface area (Å²) in [5.74, 6) is 0.801. The predicted octanol–water partition coefficient (Wildman–Crippen LogP) is 3.35. The summed E-state index contributed by atoms with van der Waals surface area (Å²) in [7, 11) is 1.65. The van der Waals surface area contributed by atoms with Gasteiger partial charge in [-0.2, -0.15) is 4.98 Å². The van der Waals surface area contributed by atoms with Crippen LogP contribution < -0.4 is 9.47 Å². The molecule has 1 aliphatic carbocycles. The quantitative estimate of drug-likeness (QED) is 0.846. The van der Waals surface area contributed by atoms with Gasteiger partial charge in [-0.3, -0.25) is 0 Å². The Morgan fingerprint density at radius 1 is 1.16 bits per heavy atom. The molecule has 0 aliphatic heterocycles. The zero-order valence-corrected chi connectivity index (χ0v) is 11.1. The Morgan fingerprint density at radius 2 is 2.00 bits per heavy atom. The van der Waals surface area contributed by atoms with Crippen molar-refractivity contribution in [3.63, 3.8) is 0 Å². The fraction of sp³-hybridized carbons (Fsp3) is 0.467. The second-order valence-corrected chi connectivity index (χ2v) is 4.96. The summed E-state index contributed by atoms with van der Waals surface area (Å²) in [6.07, 6.45) is 8.10. The average Bonchev–Trinajstić information content (AvgIpc) is 2.47. The van der Waals surface area contributed by atoms with E-state index >= 15 is 0 Å². The van der Waals surface area contributed by atoms with Gasteiger partial charge in [0.1, 0.15) is 11.9 Å². The summed E-state index contributed by atoms with van der Waals surface area (Å²) in [4.78, 5) is 8.75. The Bertz CT molecular complexity index is 565. The molecule has 3 rings (SSSR count). The first-order chi connectivity index (χ1) is 9.35. The van der Waals surface area contributed by atoms with Crippen molar-refractivity contribution in [2.75, 3.05) is 7.11 Å². The third-order valence-corrected chi connectivity index (χ3v) is 3.59. The highest BCUT2D eigenvalue weighted by Gasteiger charge is 2.16. The van der Waals surface area contributed by atoms with E-state index < -0.39 is 0 Å². The smallest absolute Gasteiger partial charge is 0.317 e. The van der Waals surface area contributed by atoms with Crippen LogP contribution in [-0.2, 0) is 0 Å². The summed E-state index contributed by atoms with van der Waals surface area (Å²) in [6, 6.07) is 6.25. The molecule has 19 heavy (non-hydrogen) atoms.